The molecule has 1 rings (SSSR count). The molecule has 0 N–H and O–H groups in total. The first kappa shape index (κ1) is 22.2. The van der Waals surface area contributed by atoms with Gasteiger partial charge in [-0.15, -0.1) is 0 Å². The van der Waals surface area contributed by atoms with E-state index in [1.54, 1.807) is 5.57 Å². The van der Waals surface area contributed by atoms with Crippen molar-refractivity contribution in [3.05, 3.63) is 35.5 Å². The minimum absolute atomic E-state index is 1.21. The summed E-state index contributed by atoms with van der Waals surface area (Å²) in [6, 6.07) is 0. The Bertz CT molecular complexity index is 343. The van der Waals surface area contributed by atoms with Crippen molar-refractivity contribution in [2.75, 3.05) is 0 Å². The number of hydrogen-bond donors (Lipinski definition) is 0. The van der Waals surface area contributed by atoms with Crippen LogP contribution in [0.5, 0.6) is 0 Å². The van der Waals surface area contributed by atoms with E-state index in [0.717, 1.165) is 0 Å². The molecule has 0 heterocycles. The van der Waals surface area contributed by atoms with Gasteiger partial charge in [0, 0.05) is 0 Å². The van der Waals surface area contributed by atoms with E-state index in [1.165, 1.54) is 94.6 Å². The number of rotatable bonds is 12. The maximum absolute atomic E-state index is 4.03. The molecule has 134 valence electrons. The Balaban J connectivity index is 0.00000232. The van der Waals surface area contributed by atoms with E-state index < -0.39 is 0 Å². The first-order valence-corrected chi connectivity index (χ1v) is 10.3. The molecule has 0 spiro atoms. The molecule has 0 aromatic rings. The molecule has 0 atom stereocenters. The summed E-state index contributed by atoms with van der Waals surface area (Å²) in [7, 11) is 0. The summed E-state index contributed by atoms with van der Waals surface area (Å²) in [5, 5.41) is 0. The molecule has 0 aromatic carbocycles. The van der Waals surface area contributed by atoms with Crippen LogP contribution in [0.1, 0.15) is 111 Å². The second kappa shape index (κ2) is 16.1. The maximum Gasteiger partial charge on any atom is -0.0239 e. The average Bonchev–Trinajstić information content (AvgIpc) is 2.59. The van der Waals surface area contributed by atoms with E-state index in [0.29, 0.717) is 0 Å². The number of unbranched alkanes of at least 4 members (excludes halogenated alkanes) is 9. The van der Waals surface area contributed by atoms with Gasteiger partial charge in [-0.05, 0) is 38.2 Å². The maximum atomic E-state index is 4.03. The lowest BCUT2D eigenvalue weighted by Crippen LogP contribution is -1.95. The van der Waals surface area contributed by atoms with E-state index in [-0.39, 0.29) is 0 Å². The molecule has 0 amide bonds. The average molecular weight is 319 g/mol. The summed E-state index contributed by atoms with van der Waals surface area (Å²) in [6.07, 6.45) is 22.7. The van der Waals surface area contributed by atoms with Crippen molar-refractivity contribution in [3.8, 4) is 0 Å². The van der Waals surface area contributed by atoms with Gasteiger partial charge in [-0.2, -0.15) is 0 Å². The first-order chi connectivity index (χ1) is 11.2. The molecule has 0 aliphatic heterocycles. The van der Waals surface area contributed by atoms with Crippen LogP contribution in [0.15, 0.2) is 35.5 Å². The van der Waals surface area contributed by atoms with Crippen molar-refractivity contribution in [1.82, 2.24) is 0 Å². The molecule has 23 heavy (non-hydrogen) atoms. The van der Waals surface area contributed by atoms with Crippen LogP contribution in [0.3, 0.4) is 0 Å². The van der Waals surface area contributed by atoms with E-state index >= 15 is 0 Å². The molecule has 0 heteroatoms. The molecule has 0 saturated heterocycles. The second-order valence-corrected chi connectivity index (χ2v) is 6.73. The summed E-state index contributed by atoms with van der Waals surface area (Å²) in [5.41, 5.74) is 4.34. The van der Waals surface area contributed by atoms with Crippen LogP contribution in [0.2, 0.25) is 0 Å². The Morgan fingerprint density at radius 1 is 0.826 bits per heavy atom. The zero-order valence-electron chi connectivity index (χ0n) is 16.6. The third-order valence-corrected chi connectivity index (χ3v) is 4.64. The van der Waals surface area contributed by atoms with Gasteiger partial charge >= 0.3 is 0 Å². The highest BCUT2D eigenvalue weighted by atomic mass is 14.1. The SMILES string of the molecule is C=C(C)C1=CC=C(CCCCCCCCCCCC)CC1.CC. The fourth-order valence-electron chi connectivity index (χ4n) is 3.08. The van der Waals surface area contributed by atoms with Crippen LogP contribution in [-0.4, -0.2) is 0 Å². The lowest BCUT2D eigenvalue weighted by molar-refractivity contribution is 0.554. The minimum atomic E-state index is 1.21. The van der Waals surface area contributed by atoms with Crippen LogP contribution >= 0.6 is 0 Å². The predicted molar refractivity (Wildman–Crippen MR) is 108 cm³/mol. The van der Waals surface area contributed by atoms with E-state index in [4.69, 9.17) is 0 Å². The Morgan fingerprint density at radius 3 is 1.78 bits per heavy atom. The number of hydrogen-bond acceptors (Lipinski definition) is 0. The van der Waals surface area contributed by atoms with Crippen molar-refractivity contribution < 1.29 is 0 Å². The molecule has 0 nitrogen and oxygen atoms in total. The van der Waals surface area contributed by atoms with Gasteiger partial charge in [-0.25, -0.2) is 0 Å². The molecule has 0 radical (unpaired) electrons. The molecular formula is C23H42. The Labute approximate surface area is 147 Å². The normalized spacial score (nSPS) is 13.7. The molecule has 0 bridgehead atoms. The quantitative estimate of drug-likeness (QED) is 0.316. The zero-order valence-corrected chi connectivity index (χ0v) is 16.6. The van der Waals surface area contributed by atoms with E-state index in [1.807, 2.05) is 13.8 Å². The summed E-state index contributed by atoms with van der Waals surface area (Å²) in [6.45, 7) is 12.4. The standard InChI is InChI=1S/C21H36.C2H6/c1-4-5-6-7-8-9-10-11-12-13-14-20-15-17-21(18-16-20)19(2)3;1-2/h15,17H,2,4-14,16,18H2,1,3H3;1-2H3. The molecule has 1 aliphatic rings. The smallest absolute Gasteiger partial charge is 0.0239 e. The number of allylic oxidation sites excluding steroid dienone is 5. The van der Waals surface area contributed by atoms with Gasteiger partial charge in [-0.3, -0.25) is 0 Å². The van der Waals surface area contributed by atoms with Crippen molar-refractivity contribution >= 4 is 0 Å². The summed E-state index contributed by atoms with van der Waals surface area (Å²) >= 11 is 0. The van der Waals surface area contributed by atoms with E-state index in [9.17, 15) is 0 Å². The largest absolute Gasteiger partial charge is 0.0958 e. The Kier molecular flexibility index (Phi) is 15.5. The van der Waals surface area contributed by atoms with Gasteiger partial charge in [-0.1, -0.05) is 108 Å². The van der Waals surface area contributed by atoms with Gasteiger partial charge in [0.25, 0.3) is 0 Å². The molecule has 0 aromatic heterocycles. The van der Waals surface area contributed by atoms with Crippen LogP contribution in [0.25, 0.3) is 0 Å². The van der Waals surface area contributed by atoms with Crippen LogP contribution in [0.4, 0.5) is 0 Å². The highest BCUT2D eigenvalue weighted by Crippen LogP contribution is 2.26. The summed E-state index contributed by atoms with van der Waals surface area (Å²) in [4.78, 5) is 0. The molecule has 0 saturated carbocycles. The fourth-order valence-corrected chi connectivity index (χ4v) is 3.08. The Hall–Kier alpha value is -0.780. The van der Waals surface area contributed by atoms with Gasteiger partial charge in [0.2, 0.25) is 0 Å². The van der Waals surface area contributed by atoms with Crippen molar-refractivity contribution in [2.24, 2.45) is 0 Å². The molecule has 1 aliphatic carbocycles. The first-order valence-electron chi connectivity index (χ1n) is 10.3. The molecule has 0 unspecified atom stereocenters. The Morgan fingerprint density at radius 2 is 1.35 bits per heavy atom. The van der Waals surface area contributed by atoms with Gasteiger partial charge in [0.05, 0.1) is 0 Å². The third kappa shape index (κ3) is 12.3. The molecular weight excluding hydrogens is 276 g/mol. The topological polar surface area (TPSA) is 0 Å². The highest BCUT2D eigenvalue weighted by Gasteiger charge is 2.06. The van der Waals surface area contributed by atoms with Gasteiger partial charge in [0.1, 0.15) is 0 Å². The van der Waals surface area contributed by atoms with Gasteiger partial charge in [0.15, 0.2) is 0 Å². The lowest BCUT2D eigenvalue weighted by atomic mass is 9.92. The van der Waals surface area contributed by atoms with Crippen molar-refractivity contribution in [1.29, 1.82) is 0 Å². The van der Waals surface area contributed by atoms with Crippen LogP contribution in [-0.2, 0) is 0 Å². The summed E-state index contributed by atoms with van der Waals surface area (Å²) < 4.78 is 0. The zero-order chi connectivity index (χ0) is 17.3. The highest BCUT2D eigenvalue weighted by molar-refractivity contribution is 5.35. The monoisotopic (exact) mass is 318 g/mol. The van der Waals surface area contributed by atoms with Gasteiger partial charge < -0.3 is 0 Å². The molecule has 0 fully saturated rings. The minimum Gasteiger partial charge on any atom is -0.0958 e. The van der Waals surface area contributed by atoms with E-state index in [2.05, 4.69) is 32.6 Å². The van der Waals surface area contributed by atoms with Crippen molar-refractivity contribution in [2.45, 2.75) is 111 Å². The predicted octanol–water partition coefficient (Wildman–Crippen LogP) is 8.55. The summed E-state index contributed by atoms with van der Waals surface area (Å²) in [5.74, 6) is 0. The second-order valence-electron chi connectivity index (χ2n) is 6.73. The van der Waals surface area contributed by atoms with Crippen molar-refractivity contribution in [3.63, 3.8) is 0 Å². The van der Waals surface area contributed by atoms with Crippen LogP contribution in [0, 0.1) is 0 Å². The lowest BCUT2D eigenvalue weighted by Gasteiger charge is -2.14. The fraction of sp³-hybridized carbons (Fsp3) is 0.739. The third-order valence-electron chi connectivity index (χ3n) is 4.64. The van der Waals surface area contributed by atoms with Crippen LogP contribution < -0.4 is 0 Å².